The van der Waals surface area contributed by atoms with E-state index in [4.69, 9.17) is 0 Å². The summed E-state index contributed by atoms with van der Waals surface area (Å²) in [5, 5.41) is 0. The van der Waals surface area contributed by atoms with Gasteiger partial charge in [-0.25, -0.2) is 12.7 Å². The predicted molar refractivity (Wildman–Crippen MR) is 76.0 cm³/mol. The SMILES string of the molecule is Cc1ccc(Br)cc1S(=O)(=O)N(C)CC1CC1C. The van der Waals surface area contributed by atoms with Crippen molar-refractivity contribution in [1.82, 2.24) is 4.31 Å². The van der Waals surface area contributed by atoms with E-state index in [1.54, 1.807) is 13.1 Å². The summed E-state index contributed by atoms with van der Waals surface area (Å²) in [5.41, 5.74) is 0.786. The maximum Gasteiger partial charge on any atom is 0.243 e. The Labute approximate surface area is 117 Å². The monoisotopic (exact) mass is 331 g/mol. The number of nitrogens with zero attached hydrogens (tertiary/aromatic N) is 1. The van der Waals surface area contributed by atoms with Crippen molar-refractivity contribution in [3.63, 3.8) is 0 Å². The Balaban J connectivity index is 2.26. The molecule has 1 aromatic rings. The zero-order valence-electron chi connectivity index (χ0n) is 10.9. The van der Waals surface area contributed by atoms with Crippen LogP contribution in [-0.2, 0) is 10.0 Å². The van der Waals surface area contributed by atoms with E-state index in [0.29, 0.717) is 23.3 Å². The highest BCUT2D eigenvalue weighted by Crippen LogP contribution is 2.39. The average Bonchev–Trinajstić information content (AvgIpc) is 2.97. The molecule has 1 aromatic carbocycles. The highest BCUT2D eigenvalue weighted by Gasteiger charge is 2.36. The summed E-state index contributed by atoms with van der Waals surface area (Å²) < 4.78 is 27.2. The molecule has 0 radical (unpaired) electrons. The molecule has 1 aliphatic carbocycles. The molecule has 0 amide bonds. The second kappa shape index (κ2) is 4.94. The lowest BCUT2D eigenvalue weighted by Gasteiger charge is -2.18. The van der Waals surface area contributed by atoms with Crippen molar-refractivity contribution < 1.29 is 8.42 Å². The molecule has 2 rings (SSSR count). The summed E-state index contributed by atoms with van der Waals surface area (Å²) >= 11 is 3.33. The Morgan fingerprint density at radius 2 is 2.06 bits per heavy atom. The van der Waals surface area contributed by atoms with Crippen LogP contribution in [0.15, 0.2) is 27.6 Å². The Bertz CT molecular complexity index is 556. The molecule has 0 aliphatic heterocycles. The van der Waals surface area contributed by atoms with Gasteiger partial charge in [0.15, 0.2) is 0 Å². The number of rotatable bonds is 4. The largest absolute Gasteiger partial charge is 0.243 e. The topological polar surface area (TPSA) is 37.4 Å². The quantitative estimate of drug-likeness (QED) is 0.850. The third-order valence-electron chi connectivity index (χ3n) is 3.61. The van der Waals surface area contributed by atoms with Crippen LogP contribution in [0.4, 0.5) is 0 Å². The first-order chi connectivity index (χ1) is 8.32. The molecule has 1 aliphatic rings. The van der Waals surface area contributed by atoms with Gasteiger partial charge in [0, 0.05) is 18.1 Å². The lowest BCUT2D eigenvalue weighted by molar-refractivity contribution is 0.444. The third-order valence-corrected chi connectivity index (χ3v) is 6.06. The lowest BCUT2D eigenvalue weighted by atomic mass is 10.2. The fourth-order valence-electron chi connectivity index (χ4n) is 2.10. The molecule has 1 fully saturated rings. The van der Waals surface area contributed by atoms with Crippen molar-refractivity contribution in [2.45, 2.75) is 25.2 Å². The molecule has 0 aromatic heterocycles. The number of hydrogen-bond donors (Lipinski definition) is 0. The van der Waals surface area contributed by atoms with Gasteiger partial charge in [-0.1, -0.05) is 28.9 Å². The van der Waals surface area contributed by atoms with E-state index >= 15 is 0 Å². The fraction of sp³-hybridized carbons (Fsp3) is 0.538. The first-order valence-electron chi connectivity index (χ1n) is 6.05. The smallest absolute Gasteiger partial charge is 0.207 e. The van der Waals surface area contributed by atoms with Crippen LogP contribution in [0.3, 0.4) is 0 Å². The minimum Gasteiger partial charge on any atom is -0.207 e. The van der Waals surface area contributed by atoms with Crippen LogP contribution in [0.25, 0.3) is 0 Å². The van der Waals surface area contributed by atoms with Crippen molar-refractivity contribution in [2.75, 3.05) is 13.6 Å². The van der Waals surface area contributed by atoms with Gasteiger partial charge in [-0.05, 0) is 42.9 Å². The molecule has 0 heterocycles. The van der Waals surface area contributed by atoms with Crippen LogP contribution < -0.4 is 0 Å². The summed E-state index contributed by atoms with van der Waals surface area (Å²) in [6.07, 6.45) is 1.14. The molecule has 0 spiro atoms. The average molecular weight is 332 g/mol. The van der Waals surface area contributed by atoms with Gasteiger partial charge in [0.25, 0.3) is 0 Å². The third kappa shape index (κ3) is 2.78. The van der Waals surface area contributed by atoms with Gasteiger partial charge in [0.1, 0.15) is 0 Å². The summed E-state index contributed by atoms with van der Waals surface area (Å²) in [6, 6.07) is 5.36. The minimum absolute atomic E-state index is 0.396. The van der Waals surface area contributed by atoms with Crippen molar-refractivity contribution in [2.24, 2.45) is 11.8 Å². The van der Waals surface area contributed by atoms with Crippen molar-refractivity contribution in [3.05, 3.63) is 28.2 Å². The van der Waals surface area contributed by atoms with Crippen LogP contribution in [0.5, 0.6) is 0 Å². The first-order valence-corrected chi connectivity index (χ1v) is 8.28. The summed E-state index contributed by atoms with van der Waals surface area (Å²) in [6.45, 7) is 4.61. The van der Waals surface area contributed by atoms with Gasteiger partial charge in [-0.3, -0.25) is 0 Å². The second-order valence-electron chi connectivity index (χ2n) is 5.17. The van der Waals surface area contributed by atoms with Crippen molar-refractivity contribution in [1.29, 1.82) is 0 Å². The molecule has 0 N–H and O–H groups in total. The predicted octanol–water partition coefficient (Wildman–Crippen LogP) is 3.03. The summed E-state index contributed by atoms with van der Waals surface area (Å²) in [4.78, 5) is 0.396. The molecule has 3 nitrogen and oxygen atoms in total. The van der Waals surface area contributed by atoms with Crippen molar-refractivity contribution >= 4 is 26.0 Å². The maximum atomic E-state index is 12.5. The highest BCUT2D eigenvalue weighted by atomic mass is 79.9. The Morgan fingerprint density at radius 1 is 1.44 bits per heavy atom. The van der Waals surface area contributed by atoms with E-state index < -0.39 is 10.0 Å². The lowest BCUT2D eigenvalue weighted by Crippen LogP contribution is -2.29. The highest BCUT2D eigenvalue weighted by molar-refractivity contribution is 9.10. The molecule has 2 unspecified atom stereocenters. The first kappa shape index (κ1) is 14.0. The Kier molecular flexibility index (Phi) is 3.85. The normalized spacial score (nSPS) is 23.4. The number of sulfonamides is 1. The molecule has 2 atom stereocenters. The molecule has 18 heavy (non-hydrogen) atoms. The number of benzene rings is 1. The van der Waals surface area contributed by atoms with Gasteiger partial charge in [0.2, 0.25) is 10.0 Å². The molecule has 1 saturated carbocycles. The zero-order valence-corrected chi connectivity index (χ0v) is 13.3. The van der Waals surface area contributed by atoms with Gasteiger partial charge >= 0.3 is 0 Å². The zero-order chi connectivity index (χ0) is 13.5. The van der Waals surface area contributed by atoms with Gasteiger partial charge < -0.3 is 0 Å². The van der Waals surface area contributed by atoms with E-state index in [2.05, 4.69) is 22.9 Å². The van der Waals surface area contributed by atoms with Crippen LogP contribution in [-0.4, -0.2) is 26.3 Å². The van der Waals surface area contributed by atoms with Crippen LogP contribution in [0.1, 0.15) is 18.9 Å². The maximum absolute atomic E-state index is 12.5. The van der Waals surface area contributed by atoms with Gasteiger partial charge in [0.05, 0.1) is 4.90 Å². The fourth-order valence-corrected chi connectivity index (χ4v) is 4.09. The number of aryl methyl sites for hydroxylation is 1. The molecule has 0 saturated heterocycles. The Morgan fingerprint density at radius 3 is 2.61 bits per heavy atom. The van der Waals surface area contributed by atoms with E-state index in [1.807, 2.05) is 19.1 Å². The van der Waals surface area contributed by atoms with Gasteiger partial charge in [-0.15, -0.1) is 0 Å². The van der Waals surface area contributed by atoms with Crippen molar-refractivity contribution in [3.8, 4) is 0 Å². The minimum atomic E-state index is -3.37. The van der Waals surface area contributed by atoms with Gasteiger partial charge in [-0.2, -0.15) is 0 Å². The summed E-state index contributed by atoms with van der Waals surface area (Å²) in [5.74, 6) is 1.18. The van der Waals surface area contributed by atoms with Crippen LogP contribution >= 0.6 is 15.9 Å². The van der Waals surface area contributed by atoms with Crippen LogP contribution in [0.2, 0.25) is 0 Å². The number of hydrogen-bond acceptors (Lipinski definition) is 2. The molecule has 100 valence electrons. The molecule has 0 bridgehead atoms. The molecular weight excluding hydrogens is 314 g/mol. The molecule has 5 heteroatoms. The Hall–Kier alpha value is -0.390. The van der Waals surface area contributed by atoms with Crippen LogP contribution in [0, 0.1) is 18.8 Å². The van der Waals surface area contributed by atoms with E-state index in [1.165, 1.54) is 4.31 Å². The standard InChI is InChI=1S/C13H18BrNO2S/c1-9-4-5-12(14)7-13(9)18(16,17)15(3)8-11-6-10(11)2/h4-5,7,10-11H,6,8H2,1-3H3. The van der Waals surface area contributed by atoms with E-state index in [9.17, 15) is 8.42 Å². The van der Waals surface area contributed by atoms with E-state index in [0.717, 1.165) is 16.5 Å². The van der Waals surface area contributed by atoms with E-state index in [-0.39, 0.29) is 0 Å². The number of halogens is 1. The second-order valence-corrected chi connectivity index (χ2v) is 8.10. The summed E-state index contributed by atoms with van der Waals surface area (Å²) in [7, 11) is -1.70. The molecular formula is C13H18BrNO2S.